The maximum atomic E-state index is 14.0. The van der Waals surface area contributed by atoms with Gasteiger partial charge in [0.15, 0.2) is 11.4 Å². The van der Waals surface area contributed by atoms with Gasteiger partial charge in [0.1, 0.15) is 5.82 Å². The molecule has 0 aliphatic carbocycles. The molecule has 1 aromatic heterocycles. The van der Waals surface area contributed by atoms with Gasteiger partial charge < -0.3 is 9.64 Å². The lowest BCUT2D eigenvalue weighted by atomic mass is 10.2. The first-order chi connectivity index (χ1) is 12.5. The number of benzene rings is 2. The fraction of sp³-hybridized carbons (Fsp3) is 0.158. The van der Waals surface area contributed by atoms with E-state index in [1.54, 1.807) is 30.1 Å². The number of hydrogen-bond donors (Lipinski definition) is 0. The smallest absolute Gasteiger partial charge is 0.278 e. The van der Waals surface area contributed by atoms with Crippen molar-refractivity contribution in [2.24, 2.45) is 0 Å². The Morgan fingerprint density at radius 2 is 2.00 bits per heavy atom. The molecule has 2 aromatic carbocycles. The average molecular weight is 418 g/mol. The van der Waals surface area contributed by atoms with Gasteiger partial charge in [0, 0.05) is 23.6 Å². The van der Waals surface area contributed by atoms with Gasteiger partial charge in [0.05, 0.1) is 19.0 Å². The standard InChI is InChI=1S/C19H17BrFN3O2/c1-23(11-13-10-14(20)8-9-16(13)21)19(25)18-17(26-2)12-24(22-18)15-6-4-3-5-7-15/h3-10,12H,11H2,1-2H3. The molecule has 134 valence electrons. The van der Waals surface area contributed by atoms with Crippen molar-refractivity contribution in [3.8, 4) is 11.4 Å². The number of ether oxygens (including phenoxy) is 1. The van der Waals surface area contributed by atoms with Crippen LogP contribution in [0.15, 0.2) is 59.2 Å². The number of carbonyl (C=O) groups is 1. The zero-order chi connectivity index (χ0) is 18.7. The Kier molecular flexibility index (Phi) is 5.37. The lowest BCUT2D eigenvalue weighted by molar-refractivity contribution is 0.0774. The Labute approximate surface area is 159 Å². The molecule has 0 bridgehead atoms. The van der Waals surface area contributed by atoms with E-state index in [0.29, 0.717) is 11.3 Å². The minimum atomic E-state index is -0.366. The molecule has 26 heavy (non-hydrogen) atoms. The number of rotatable bonds is 5. The van der Waals surface area contributed by atoms with Crippen molar-refractivity contribution in [3.05, 3.63) is 76.3 Å². The van der Waals surface area contributed by atoms with E-state index in [4.69, 9.17) is 4.74 Å². The number of amides is 1. The largest absolute Gasteiger partial charge is 0.493 e. The van der Waals surface area contributed by atoms with Gasteiger partial charge in [-0.25, -0.2) is 9.07 Å². The number of carbonyl (C=O) groups excluding carboxylic acids is 1. The van der Waals surface area contributed by atoms with Crippen molar-refractivity contribution in [2.75, 3.05) is 14.2 Å². The summed E-state index contributed by atoms with van der Waals surface area (Å²) in [6.07, 6.45) is 1.65. The van der Waals surface area contributed by atoms with Gasteiger partial charge in [-0.3, -0.25) is 4.79 Å². The molecule has 0 fully saturated rings. The summed E-state index contributed by atoms with van der Waals surface area (Å²) in [6, 6.07) is 14.0. The lowest BCUT2D eigenvalue weighted by Gasteiger charge is -2.17. The van der Waals surface area contributed by atoms with Crippen LogP contribution >= 0.6 is 15.9 Å². The fourth-order valence-electron chi connectivity index (χ4n) is 2.54. The Hall–Kier alpha value is -2.67. The minimum absolute atomic E-state index is 0.117. The molecular formula is C19H17BrFN3O2. The van der Waals surface area contributed by atoms with Gasteiger partial charge in [0.25, 0.3) is 5.91 Å². The molecule has 1 heterocycles. The summed E-state index contributed by atoms with van der Waals surface area (Å²) in [5.74, 6) is -0.356. The predicted molar refractivity (Wildman–Crippen MR) is 100 cm³/mol. The molecule has 3 rings (SSSR count). The van der Waals surface area contributed by atoms with E-state index in [1.165, 1.54) is 18.1 Å². The van der Waals surface area contributed by atoms with Crippen molar-refractivity contribution in [1.82, 2.24) is 14.7 Å². The lowest BCUT2D eigenvalue weighted by Crippen LogP contribution is -2.27. The van der Waals surface area contributed by atoms with E-state index in [0.717, 1.165) is 10.2 Å². The van der Waals surface area contributed by atoms with Crippen LogP contribution in [-0.4, -0.2) is 34.7 Å². The van der Waals surface area contributed by atoms with Crippen LogP contribution in [-0.2, 0) is 6.54 Å². The summed E-state index contributed by atoms with van der Waals surface area (Å²) in [6.45, 7) is 0.117. The first-order valence-electron chi connectivity index (χ1n) is 7.88. The van der Waals surface area contributed by atoms with E-state index in [2.05, 4.69) is 21.0 Å². The van der Waals surface area contributed by atoms with Crippen molar-refractivity contribution < 1.29 is 13.9 Å². The highest BCUT2D eigenvalue weighted by Gasteiger charge is 2.22. The van der Waals surface area contributed by atoms with Crippen LogP contribution in [0.5, 0.6) is 5.75 Å². The molecule has 1 amide bonds. The Balaban J connectivity index is 1.87. The summed E-state index contributed by atoms with van der Waals surface area (Å²) >= 11 is 3.31. The third kappa shape index (κ3) is 3.77. The second-order valence-corrected chi connectivity index (χ2v) is 6.64. The number of aromatic nitrogens is 2. The molecule has 0 unspecified atom stereocenters. The number of methoxy groups -OCH3 is 1. The highest BCUT2D eigenvalue weighted by molar-refractivity contribution is 9.10. The minimum Gasteiger partial charge on any atom is -0.493 e. The molecule has 0 atom stereocenters. The zero-order valence-corrected chi connectivity index (χ0v) is 15.9. The van der Waals surface area contributed by atoms with Crippen LogP contribution in [0.1, 0.15) is 16.1 Å². The molecule has 3 aromatic rings. The molecule has 5 nitrogen and oxygen atoms in total. The monoisotopic (exact) mass is 417 g/mol. The van der Waals surface area contributed by atoms with Crippen molar-refractivity contribution in [2.45, 2.75) is 6.54 Å². The van der Waals surface area contributed by atoms with Gasteiger partial charge in [-0.1, -0.05) is 34.1 Å². The quantitative estimate of drug-likeness (QED) is 0.628. The molecule has 0 spiro atoms. The molecule has 0 aliphatic rings. The number of halogens is 2. The van der Waals surface area contributed by atoms with Crippen LogP contribution in [0.2, 0.25) is 0 Å². The average Bonchev–Trinajstić information content (AvgIpc) is 3.09. The molecule has 0 N–H and O–H groups in total. The van der Waals surface area contributed by atoms with E-state index in [9.17, 15) is 9.18 Å². The molecule has 0 saturated heterocycles. The van der Waals surface area contributed by atoms with E-state index >= 15 is 0 Å². The Bertz CT molecular complexity index is 928. The predicted octanol–water partition coefficient (Wildman–Crippen LogP) is 4.05. The third-order valence-corrected chi connectivity index (χ3v) is 4.38. The van der Waals surface area contributed by atoms with Crippen LogP contribution in [0.4, 0.5) is 4.39 Å². The SMILES string of the molecule is COc1cn(-c2ccccc2)nc1C(=O)N(C)Cc1cc(Br)ccc1F. The summed E-state index contributed by atoms with van der Waals surface area (Å²) in [7, 11) is 3.08. The molecular weight excluding hydrogens is 401 g/mol. The summed E-state index contributed by atoms with van der Waals surface area (Å²) < 4.78 is 21.6. The van der Waals surface area contributed by atoms with Crippen molar-refractivity contribution in [3.63, 3.8) is 0 Å². The van der Waals surface area contributed by atoms with Crippen LogP contribution in [0, 0.1) is 5.82 Å². The van der Waals surface area contributed by atoms with Crippen molar-refractivity contribution >= 4 is 21.8 Å². The second-order valence-electron chi connectivity index (χ2n) is 5.72. The van der Waals surface area contributed by atoms with Crippen molar-refractivity contribution in [1.29, 1.82) is 0 Å². The Morgan fingerprint density at radius 3 is 2.69 bits per heavy atom. The highest BCUT2D eigenvalue weighted by atomic mass is 79.9. The first-order valence-corrected chi connectivity index (χ1v) is 8.67. The van der Waals surface area contributed by atoms with Crippen LogP contribution < -0.4 is 4.74 Å². The van der Waals surface area contributed by atoms with E-state index in [1.807, 2.05) is 30.3 Å². The van der Waals surface area contributed by atoms with Gasteiger partial charge in [-0.05, 0) is 30.3 Å². The zero-order valence-electron chi connectivity index (χ0n) is 14.3. The summed E-state index contributed by atoms with van der Waals surface area (Å²) in [4.78, 5) is 14.2. The number of hydrogen-bond acceptors (Lipinski definition) is 3. The molecule has 0 aliphatic heterocycles. The number of para-hydroxylation sites is 1. The topological polar surface area (TPSA) is 47.4 Å². The Morgan fingerprint density at radius 1 is 1.27 bits per heavy atom. The summed E-state index contributed by atoms with van der Waals surface area (Å²) in [5, 5.41) is 4.35. The van der Waals surface area contributed by atoms with Gasteiger partial charge in [-0.15, -0.1) is 0 Å². The van der Waals surface area contributed by atoms with Gasteiger partial charge in [0.2, 0.25) is 0 Å². The normalized spacial score (nSPS) is 10.6. The maximum absolute atomic E-state index is 14.0. The second kappa shape index (κ2) is 7.70. The van der Waals surface area contributed by atoms with Crippen LogP contribution in [0.25, 0.3) is 5.69 Å². The van der Waals surface area contributed by atoms with E-state index < -0.39 is 0 Å². The molecule has 7 heteroatoms. The number of nitrogens with zero attached hydrogens (tertiary/aromatic N) is 3. The van der Waals surface area contributed by atoms with E-state index in [-0.39, 0.29) is 24.0 Å². The highest BCUT2D eigenvalue weighted by Crippen LogP contribution is 2.22. The third-order valence-electron chi connectivity index (χ3n) is 3.89. The maximum Gasteiger partial charge on any atom is 0.278 e. The first kappa shape index (κ1) is 18.1. The van der Waals surface area contributed by atoms with Gasteiger partial charge >= 0.3 is 0 Å². The van der Waals surface area contributed by atoms with Gasteiger partial charge in [-0.2, -0.15) is 5.10 Å². The van der Waals surface area contributed by atoms with Crippen LogP contribution in [0.3, 0.4) is 0 Å². The molecule has 0 radical (unpaired) electrons. The fourth-order valence-corrected chi connectivity index (χ4v) is 2.95. The molecule has 0 saturated carbocycles. The summed E-state index contributed by atoms with van der Waals surface area (Å²) in [5.41, 5.74) is 1.40.